The van der Waals surface area contributed by atoms with E-state index in [-0.39, 0.29) is 0 Å². The fraction of sp³-hybridized carbons (Fsp3) is 0.214. The van der Waals surface area contributed by atoms with Gasteiger partial charge in [-0.05, 0) is 30.7 Å². The summed E-state index contributed by atoms with van der Waals surface area (Å²) in [6.07, 6.45) is 4.58. The summed E-state index contributed by atoms with van der Waals surface area (Å²) in [5.74, 6) is 0. The van der Waals surface area contributed by atoms with E-state index in [1.165, 1.54) is 0 Å². The van der Waals surface area contributed by atoms with Gasteiger partial charge in [-0.3, -0.25) is 4.79 Å². The van der Waals surface area contributed by atoms with Gasteiger partial charge in [-0.25, -0.2) is 0 Å². The number of benzene rings is 1. The van der Waals surface area contributed by atoms with E-state index in [4.69, 9.17) is 0 Å². The van der Waals surface area contributed by atoms with E-state index in [1.807, 2.05) is 37.3 Å². The van der Waals surface area contributed by atoms with Gasteiger partial charge >= 0.3 is 0 Å². The van der Waals surface area contributed by atoms with Crippen LogP contribution in [0.25, 0.3) is 0 Å². The number of hydrogen-bond acceptors (Lipinski definition) is 2. The minimum absolute atomic E-state index is 0.707. The first kappa shape index (κ1) is 12.2. The molecule has 0 spiro atoms. The highest BCUT2D eigenvalue weighted by Gasteiger charge is 2.06. The van der Waals surface area contributed by atoms with Crippen LogP contribution in [0.15, 0.2) is 43.5 Å². The van der Waals surface area contributed by atoms with Gasteiger partial charge in [0.05, 0.1) is 0 Å². The first-order valence-corrected chi connectivity index (χ1v) is 5.25. The van der Waals surface area contributed by atoms with E-state index in [0.29, 0.717) is 5.56 Å². The third kappa shape index (κ3) is 2.83. The fourth-order valence-corrected chi connectivity index (χ4v) is 1.69. The molecular formula is C14H17NO. The highest BCUT2D eigenvalue weighted by atomic mass is 16.1. The van der Waals surface area contributed by atoms with Gasteiger partial charge in [0.25, 0.3) is 0 Å². The molecule has 1 rings (SSSR count). The summed E-state index contributed by atoms with van der Waals surface area (Å²) in [7, 11) is 0. The first-order valence-electron chi connectivity index (χ1n) is 5.25. The highest BCUT2D eigenvalue weighted by Crippen LogP contribution is 2.20. The van der Waals surface area contributed by atoms with Crippen molar-refractivity contribution >= 4 is 12.0 Å². The average Bonchev–Trinajstić information content (AvgIpc) is 2.29. The maximum Gasteiger partial charge on any atom is 0.150 e. The van der Waals surface area contributed by atoms with Gasteiger partial charge in [-0.15, -0.1) is 13.2 Å². The van der Waals surface area contributed by atoms with E-state index in [0.717, 1.165) is 30.6 Å². The number of aryl methyl sites for hydroxylation is 1. The minimum Gasteiger partial charge on any atom is -0.364 e. The monoisotopic (exact) mass is 215 g/mol. The molecule has 0 amide bonds. The van der Waals surface area contributed by atoms with E-state index < -0.39 is 0 Å². The van der Waals surface area contributed by atoms with Crippen molar-refractivity contribution in [3.63, 3.8) is 0 Å². The van der Waals surface area contributed by atoms with Crippen LogP contribution in [-0.2, 0) is 0 Å². The third-order valence-electron chi connectivity index (χ3n) is 2.40. The maximum absolute atomic E-state index is 10.6. The second-order valence-corrected chi connectivity index (χ2v) is 3.65. The predicted octanol–water partition coefficient (Wildman–Crippen LogP) is 2.99. The van der Waals surface area contributed by atoms with E-state index >= 15 is 0 Å². The van der Waals surface area contributed by atoms with Crippen molar-refractivity contribution in [1.29, 1.82) is 0 Å². The lowest BCUT2D eigenvalue weighted by Gasteiger charge is -2.23. The average molecular weight is 215 g/mol. The van der Waals surface area contributed by atoms with Crippen molar-refractivity contribution in [2.45, 2.75) is 6.92 Å². The van der Waals surface area contributed by atoms with Crippen LogP contribution in [-0.4, -0.2) is 19.4 Å². The van der Waals surface area contributed by atoms with Gasteiger partial charge < -0.3 is 4.90 Å². The Morgan fingerprint density at radius 3 is 2.31 bits per heavy atom. The zero-order chi connectivity index (χ0) is 12.0. The molecule has 0 unspecified atom stereocenters. The largest absolute Gasteiger partial charge is 0.364 e. The molecule has 2 nitrogen and oxygen atoms in total. The summed E-state index contributed by atoms with van der Waals surface area (Å²) in [5.41, 5.74) is 2.91. The Hall–Kier alpha value is -1.83. The summed E-state index contributed by atoms with van der Waals surface area (Å²) in [5, 5.41) is 0. The SMILES string of the molecule is C=CCN(CC=C)c1ccc(C=O)cc1C. The summed E-state index contributed by atoms with van der Waals surface area (Å²) in [6, 6.07) is 5.68. The molecule has 0 saturated carbocycles. The molecule has 0 N–H and O–H groups in total. The van der Waals surface area contributed by atoms with Crippen molar-refractivity contribution in [1.82, 2.24) is 0 Å². The number of carbonyl (C=O) groups excluding carboxylic acids is 1. The number of aldehydes is 1. The van der Waals surface area contributed by atoms with Crippen LogP contribution in [0.5, 0.6) is 0 Å². The molecule has 0 aromatic heterocycles. The molecule has 0 aliphatic heterocycles. The van der Waals surface area contributed by atoms with Crippen LogP contribution in [0.4, 0.5) is 5.69 Å². The van der Waals surface area contributed by atoms with Crippen molar-refractivity contribution in [3.05, 3.63) is 54.6 Å². The molecule has 16 heavy (non-hydrogen) atoms. The van der Waals surface area contributed by atoms with Crippen LogP contribution >= 0.6 is 0 Å². The molecular weight excluding hydrogens is 198 g/mol. The molecule has 2 heteroatoms. The summed E-state index contributed by atoms with van der Waals surface area (Å²) < 4.78 is 0. The van der Waals surface area contributed by atoms with Crippen LogP contribution in [0.1, 0.15) is 15.9 Å². The van der Waals surface area contributed by atoms with Gasteiger partial charge in [-0.2, -0.15) is 0 Å². The lowest BCUT2D eigenvalue weighted by atomic mass is 10.1. The Kier molecular flexibility index (Phi) is 4.52. The first-order chi connectivity index (χ1) is 7.72. The second kappa shape index (κ2) is 5.91. The number of anilines is 1. The van der Waals surface area contributed by atoms with Gasteiger partial charge in [0.15, 0.2) is 0 Å². The predicted molar refractivity (Wildman–Crippen MR) is 69.2 cm³/mol. The van der Waals surface area contributed by atoms with Crippen molar-refractivity contribution in [2.75, 3.05) is 18.0 Å². The van der Waals surface area contributed by atoms with E-state index in [9.17, 15) is 4.79 Å². The third-order valence-corrected chi connectivity index (χ3v) is 2.40. The molecule has 1 aromatic rings. The topological polar surface area (TPSA) is 20.3 Å². The van der Waals surface area contributed by atoms with Gasteiger partial charge in [-0.1, -0.05) is 12.2 Å². The van der Waals surface area contributed by atoms with E-state index in [2.05, 4.69) is 18.1 Å². The highest BCUT2D eigenvalue weighted by molar-refractivity contribution is 5.77. The summed E-state index contributed by atoms with van der Waals surface area (Å²) in [6.45, 7) is 11.0. The minimum atomic E-state index is 0.707. The Labute approximate surface area is 96.9 Å². The molecule has 0 heterocycles. The molecule has 0 aliphatic rings. The molecule has 84 valence electrons. The molecule has 0 radical (unpaired) electrons. The molecule has 0 aliphatic carbocycles. The number of hydrogen-bond donors (Lipinski definition) is 0. The quantitative estimate of drug-likeness (QED) is 0.537. The van der Waals surface area contributed by atoms with Crippen LogP contribution < -0.4 is 4.90 Å². The molecule has 0 saturated heterocycles. The molecule has 0 bridgehead atoms. The number of nitrogens with zero attached hydrogens (tertiary/aromatic N) is 1. The normalized spacial score (nSPS) is 9.56. The lowest BCUT2D eigenvalue weighted by Crippen LogP contribution is -2.23. The zero-order valence-corrected chi connectivity index (χ0v) is 9.65. The Bertz CT molecular complexity index is 386. The van der Waals surface area contributed by atoms with Crippen LogP contribution in [0.2, 0.25) is 0 Å². The van der Waals surface area contributed by atoms with Gasteiger partial charge in [0, 0.05) is 24.3 Å². The fourth-order valence-electron chi connectivity index (χ4n) is 1.69. The molecule has 0 fully saturated rings. The van der Waals surface area contributed by atoms with Gasteiger partial charge in [0.2, 0.25) is 0 Å². The molecule has 1 aromatic carbocycles. The number of carbonyl (C=O) groups is 1. The zero-order valence-electron chi connectivity index (χ0n) is 9.65. The van der Waals surface area contributed by atoms with Gasteiger partial charge in [0.1, 0.15) is 6.29 Å². The Morgan fingerprint density at radius 2 is 1.88 bits per heavy atom. The van der Waals surface area contributed by atoms with Crippen molar-refractivity contribution in [3.8, 4) is 0 Å². The van der Waals surface area contributed by atoms with Crippen LogP contribution in [0, 0.1) is 6.92 Å². The summed E-state index contributed by atoms with van der Waals surface area (Å²) in [4.78, 5) is 12.8. The smallest absolute Gasteiger partial charge is 0.150 e. The lowest BCUT2D eigenvalue weighted by molar-refractivity contribution is 0.112. The molecule has 0 atom stereocenters. The van der Waals surface area contributed by atoms with Crippen molar-refractivity contribution in [2.24, 2.45) is 0 Å². The van der Waals surface area contributed by atoms with E-state index in [1.54, 1.807) is 0 Å². The Morgan fingerprint density at radius 1 is 1.25 bits per heavy atom. The van der Waals surface area contributed by atoms with Crippen LogP contribution in [0.3, 0.4) is 0 Å². The standard InChI is InChI=1S/C14H17NO/c1-4-8-15(9-5-2)14-7-6-13(11-16)10-12(14)3/h4-7,10-11H,1-2,8-9H2,3H3. The Balaban J connectivity index is 3.03. The number of rotatable bonds is 6. The maximum atomic E-state index is 10.6. The summed E-state index contributed by atoms with van der Waals surface area (Å²) >= 11 is 0. The second-order valence-electron chi connectivity index (χ2n) is 3.65. The van der Waals surface area contributed by atoms with Crippen molar-refractivity contribution < 1.29 is 4.79 Å².